The molecule has 0 atom stereocenters. The van der Waals surface area contributed by atoms with Crippen molar-refractivity contribution in [2.45, 2.75) is 27.2 Å². The highest BCUT2D eigenvalue weighted by atomic mass is 16.5. The fourth-order valence-corrected chi connectivity index (χ4v) is 2.39. The molecule has 0 radical (unpaired) electrons. The third kappa shape index (κ3) is 2.66. The molecule has 0 bridgehead atoms. The van der Waals surface area contributed by atoms with Crippen LogP contribution in [0, 0.1) is 5.41 Å². The normalized spacial score (nSPS) is 13.9. The Morgan fingerprint density at radius 3 is 2.59 bits per heavy atom. The number of hydrogen-bond acceptors (Lipinski definition) is 5. The van der Waals surface area contributed by atoms with Crippen LogP contribution in [0.3, 0.4) is 0 Å². The van der Waals surface area contributed by atoms with Gasteiger partial charge in [0, 0.05) is 18.9 Å². The van der Waals surface area contributed by atoms with Crippen molar-refractivity contribution in [3.8, 4) is 5.75 Å². The third-order valence-electron chi connectivity index (χ3n) is 3.57. The van der Waals surface area contributed by atoms with Gasteiger partial charge in [0.15, 0.2) is 5.75 Å². The van der Waals surface area contributed by atoms with Gasteiger partial charge in [0.05, 0.1) is 11.1 Å². The Labute approximate surface area is 130 Å². The molecule has 0 saturated carbocycles. The minimum atomic E-state index is -0.546. The zero-order chi connectivity index (χ0) is 15.7. The lowest BCUT2D eigenvalue weighted by Gasteiger charge is -2.22. The van der Waals surface area contributed by atoms with E-state index < -0.39 is 5.41 Å². The van der Waals surface area contributed by atoms with Gasteiger partial charge in [-0.15, -0.1) is 0 Å². The molecule has 0 unspecified atom stereocenters. The smallest absolute Gasteiger partial charge is 0.316 e. The number of anilines is 2. The van der Waals surface area contributed by atoms with Gasteiger partial charge in [0.25, 0.3) is 0 Å². The van der Waals surface area contributed by atoms with Gasteiger partial charge >= 0.3 is 5.97 Å². The van der Waals surface area contributed by atoms with Gasteiger partial charge in [-0.3, -0.25) is 4.79 Å². The van der Waals surface area contributed by atoms with E-state index in [1.54, 1.807) is 18.5 Å². The number of esters is 1. The Morgan fingerprint density at radius 1 is 1.18 bits per heavy atom. The van der Waals surface area contributed by atoms with Crippen molar-refractivity contribution < 1.29 is 9.53 Å². The van der Waals surface area contributed by atoms with Crippen LogP contribution >= 0.6 is 0 Å². The maximum atomic E-state index is 12.2. The highest BCUT2D eigenvalue weighted by molar-refractivity contribution is 5.82. The Bertz CT molecular complexity index is 693. The Hall–Kier alpha value is -2.43. The molecule has 1 aromatic heterocycles. The maximum Gasteiger partial charge on any atom is 0.316 e. The van der Waals surface area contributed by atoms with Crippen LogP contribution in [0.2, 0.25) is 0 Å². The molecule has 5 nitrogen and oxygen atoms in total. The monoisotopic (exact) mass is 297 g/mol. The second-order valence-electron chi connectivity index (χ2n) is 6.35. The summed E-state index contributed by atoms with van der Waals surface area (Å²) in [5.41, 5.74) is 1.49. The van der Waals surface area contributed by atoms with Gasteiger partial charge in [0.1, 0.15) is 0 Å². The second-order valence-corrected chi connectivity index (χ2v) is 6.35. The lowest BCUT2D eigenvalue weighted by Crippen LogP contribution is -2.26. The van der Waals surface area contributed by atoms with Crippen molar-refractivity contribution in [1.82, 2.24) is 9.97 Å². The van der Waals surface area contributed by atoms with Gasteiger partial charge in [-0.2, -0.15) is 0 Å². The van der Waals surface area contributed by atoms with E-state index in [9.17, 15) is 4.79 Å². The number of para-hydroxylation sites is 1. The molecule has 0 fully saturated rings. The molecule has 1 aliphatic rings. The third-order valence-corrected chi connectivity index (χ3v) is 3.57. The van der Waals surface area contributed by atoms with Crippen LogP contribution in [-0.2, 0) is 11.2 Å². The number of fused-ring (bicyclic) bond motifs is 1. The van der Waals surface area contributed by atoms with Crippen molar-refractivity contribution >= 4 is 17.6 Å². The van der Waals surface area contributed by atoms with Crippen LogP contribution < -0.4 is 9.64 Å². The molecule has 0 spiro atoms. The fourth-order valence-electron chi connectivity index (χ4n) is 2.39. The average molecular weight is 297 g/mol. The number of rotatable bonds is 2. The molecule has 5 heteroatoms. The van der Waals surface area contributed by atoms with Crippen LogP contribution in [0.5, 0.6) is 5.75 Å². The summed E-state index contributed by atoms with van der Waals surface area (Å²) in [6.45, 7) is 6.31. The molecular formula is C17H19N3O2. The predicted molar refractivity (Wildman–Crippen MR) is 84.3 cm³/mol. The van der Waals surface area contributed by atoms with Crippen LogP contribution in [0.25, 0.3) is 0 Å². The van der Waals surface area contributed by atoms with Crippen LogP contribution in [0.15, 0.2) is 36.7 Å². The number of nitrogens with zero attached hydrogens (tertiary/aromatic N) is 3. The molecule has 1 aliphatic heterocycles. The van der Waals surface area contributed by atoms with Gasteiger partial charge in [-0.05, 0) is 44.9 Å². The van der Waals surface area contributed by atoms with Crippen molar-refractivity contribution in [3.63, 3.8) is 0 Å². The van der Waals surface area contributed by atoms with E-state index in [1.807, 2.05) is 43.9 Å². The summed E-state index contributed by atoms with van der Waals surface area (Å²) < 4.78 is 5.64. The first-order valence-corrected chi connectivity index (χ1v) is 7.35. The van der Waals surface area contributed by atoms with Gasteiger partial charge in [-0.1, -0.05) is 12.1 Å². The first kappa shape index (κ1) is 14.5. The Morgan fingerprint density at radius 2 is 1.91 bits per heavy atom. The second kappa shape index (κ2) is 5.40. The predicted octanol–water partition coefficient (Wildman–Crippen LogP) is 3.12. The molecule has 0 saturated heterocycles. The SMILES string of the molecule is CC(C)(C)C(=O)Oc1cccc2c1N(c1ncccn1)CC2. The Balaban J connectivity index is 1.98. The highest BCUT2D eigenvalue weighted by Crippen LogP contribution is 2.40. The molecule has 3 rings (SSSR count). The topological polar surface area (TPSA) is 55.3 Å². The van der Waals surface area contributed by atoms with E-state index >= 15 is 0 Å². The van der Waals surface area contributed by atoms with Gasteiger partial charge < -0.3 is 9.64 Å². The Kier molecular flexibility index (Phi) is 3.56. The standard InChI is InChI=1S/C17H19N3O2/c1-17(2,3)15(21)22-13-7-4-6-12-8-11-20(14(12)13)16-18-9-5-10-19-16/h4-7,9-10H,8,11H2,1-3H3. The molecular weight excluding hydrogens is 278 g/mol. The van der Waals surface area contributed by atoms with Crippen molar-refractivity contribution in [1.29, 1.82) is 0 Å². The summed E-state index contributed by atoms with van der Waals surface area (Å²) in [6, 6.07) is 7.57. The van der Waals surface area contributed by atoms with E-state index in [0.29, 0.717) is 11.7 Å². The number of hydrogen-bond donors (Lipinski definition) is 0. The molecule has 0 aliphatic carbocycles. The zero-order valence-corrected chi connectivity index (χ0v) is 13.0. The largest absolute Gasteiger partial charge is 0.424 e. The van der Waals surface area contributed by atoms with Crippen LogP contribution in [-0.4, -0.2) is 22.5 Å². The van der Waals surface area contributed by atoms with Gasteiger partial charge in [0.2, 0.25) is 5.95 Å². The van der Waals surface area contributed by atoms with Crippen molar-refractivity contribution in [2.24, 2.45) is 5.41 Å². The summed E-state index contributed by atoms with van der Waals surface area (Å²) in [5, 5.41) is 0. The summed E-state index contributed by atoms with van der Waals surface area (Å²) in [7, 11) is 0. The minimum absolute atomic E-state index is 0.248. The summed E-state index contributed by atoms with van der Waals surface area (Å²) in [4.78, 5) is 22.8. The minimum Gasteiger partial charge on any atom is -0.424 e. The fraction of sp³-hybridized carbons (Fsp3) is 0.353. The van der Waals surface area contributed by atoms with Crippen molar-refractivity contribution in [2.75, 3.05) is 11.4 Å². The molecule has 22 heavy (non-hydrogen) atoms. The number of aromatic nitrogens is 2. The lowest BCUT2D eigenvalue weighted by molar-refractivity contribution is -0.142. The highest BCUT2D eigenvalue weighted by Gasteiger charge is 2.29. The molecule has 2 aromatic rings. The van der Waals surface area contributed by atoms with Crippen molar-refractivity contribution in [3.05, 3.63) is 42.2 Å². The number of benzene rings is 1. The zero-order valence-electron chi connectivity index (χ0n) is 13.0. The molecule has 114 valence electrons. The summed E-state index contributed by atoms with van der Waals surface area (Å²) >= 11 is 0. The first-order chi connectivity index (χ1) is 10.5. The molecule has 2 heterocycles. The average Bonchev–Trinajstić information content (AvgIpc) is 2.92. The van der Waals surface area contributed by atoms with Gasteiger partial charge in [-0.25, -0.2) is 9.97 Å². The number of carbonyl (C=O) groups excluding carboxylic acids is 1. The van der Waals surface area contributed by atoms with E-state index in [2.05, 4.69) is 9.97 Å². The van der Waals surface area contributed by atoms with E-state index in [4.69, 9.17) is 4.74 Å². The molecule has 1 aromatic carbocycles. The molecule has 0 amide bonds. The quantitative estimate of drug-likeness (QED) is 0.629. The van der Waals surface area contributed by atoms with E-state index in [-0.39, 0.29) is 5.97 Å². The lowest BCUT2D eigenvalue weighted by atomic mass is 9.97. The first-order valence-electron chi connectivity index (χ1n) is 7.35. The number of ether oxygens (including phenoxy) is 1. The summed E-state index contributed by atoms with van der Waals surface area (Å²) in [5.74, 6) is 0.949. The number of carbonyl (C=O) groups is 1. The molecule has 0 N–H and O–H groups in total. The summed E-state index contributed by atoms with van der Waals surface area (Å²) in [6.07, 6.45) is 4.31. The maximum absolute atomic E-state index is 12.2. The van der Waals surface area contributed by atoms with E-state index in [1.165, 1.54) is 0 Å². The van der Waals surface area contributed by atoms with Crippen LogP contribution in [0.4, 0.5) is 11.6 Å². The van der Waals surface area contributed by atoms with Crippen LogP contribution in [0.1, 0.15) is 26.3 Å². The van der Waals surface area contributed by atoms with E-state index in [0.717, 1.165) is 24.2 Å².